The van der Waals surface area contributed by atoms with E-state index in [0.29, 0.717) is 30.6 Å². The predicted molar refractivity (Wildman–Crippen MR) is 168 cm³/mol. The summed E-state index contributed by atoms with van der Waals surface area (Å²) in [5.74, 6) is 3.33. The van der Waals surface area contributed by atoms with E-state index < -0.39 is 7.60 Å². The molecule has 0 amide bonds. The molecule has 0 radical (unpaired) electrons. The summed E-state index contributed by atoms with van der Waals surface area (Å²) in [6, 6.07) is 2.86. The number of nitrogens with two attached hydrogens (primary N) is 1. The fraction of sp³-hybridized carbons (Fsp3) is 0.862. The molecule has 7 N–H and O–H groups in total. The van der Waals surface area contributed by atoms with Crippen molar-refractivity contribution in [1.82, 2.24) is 25.5 Å². The summed E-state index contributed by atoms with van der Waals surface area (Å²) in [4.78, 5) is 32.0. The molecule has 3 aliphatic rings. The van der Waals surface area contributed by atoms with Crippen LogP contribution in [0.4, 0.5) is 17.6 Å². The molecule has 2 aliphatic carbocycles. The minimum atomic E-state index is -3.94. The SMILES string of the molecule is C[C@H]1CN(c2cc(N)nc(NCC3CCC(CNCCCNC4CCCCC4)CC3)n2)CCN1CCCP(=O)(O)O. The molecule has 2 heterocycles. The number of rotatable bonds is 15. The summed E-state index contributed by atoms with van der Waals surface area (Å²) in [6.07, 6.45) is 13.6. The average Bonchev–Trinajstić information content (AvgIpc) is 2.95. The maximum absolute atomic E-state index is 11.2. The zero-order valence-electron chi connectivity index (χ0n) is 25.1. The molecule has 2 saturated carbocycles. The van der Waals surface area contributed by atoms with Gasteiger partial charge in [0.2, 0.25) is 5.95 Å². The van der Waals surface area contributed by atoms with E-state index >= 15 is 0 Å². The zero-order chi connectivity index (χ0) is 29.1. The summed E-state index contributed by atoms with van der Waals surface area (Å²) in [5.41, 5.74) is 6.16. The van der Waals surface area contributed by atoms with Crippen LogP contribution in [0.25, 0.3) is 0 Å². The summed E-state index contributed by atoms with van der Waals surface area (Å²) in [6.45, 7) is 9.52. The molecule has 0 bridgehead atoms. The van der Waals surface area contributed by atoms with E-state index in [1.165, 1.54) is 64.2 Å². The number of nitrogens with zero attached hydrogens (tertiary/aromatic N) is 4. The van der Waals surface area contributed by atoms with Crippen molar-refractivity contribution >= 4 is 25.2 Å². The van der Waals surface area contributed by atoms with Crippen molar-refractivity contribution in [2.45, 2.75) is 89.6 Å². The van der Waals surface area contributed by atoms with Gasteiger partial charge in [0.15, 0.2) is 0 Å². The highest BCUT2D eigenvalue weighted by atomic mass is 31.2. The largest absolute Gasteiger partial charge is 0.383 e. The molecule has 1 saturated heterocycles. The highest BCUT2D eigenvalue weighted by Crippen LogP contribution is 2.35. The molecule has 3 fully saturated rings. The van der Waals surface area contributed by atoms with Crippen LogP contribution in [-0.4, -0.2) is 95.3 Å². The number of hydrogen-bond acceptors (Lipinski definition) is 9. The van der Waals surface area contributed by atoms with Gasteiger partial charge in [0.25, 0.3) is 0 Å². The number of aromatic nitrogens is 2. The van der Waals surface area contributed by atoms with Crippen LogP contribution in [-0.2, 0) is 4.57 Å². The van der Waals surface area contributed by atoms with Gasteiger partial charge in [-0.2, -0.15) is 9.97 Å². The number of hydrogen-bond donors (Lipinski definition) is 6. The molecule has 0 unspecified atom stereocenters. The third-order valence-electron chi connectivity index (χ3n) is 9.23. The van der Waals surface area contributed by atoms with E-state index in [4.69, 9.17) is 20.5 Å². The average molecular weight is 595 g/mol. The summed E-state index contributed by atoms with van der Waals surface area (Å²) in [7, 11) is -3.94. The molecule has 0 aromatic carbocycles. The van der Waals surface area contributed by atoms with E-state index in [1.54, 1.807) is 0 Å². The minimum Gasteiger partial charge on any atom is -0.383 e. The second-order valence-corrected chi connectivity index (χ2v) is 14.4. The molecule has 0 spiro atoms. The molecule has 41 heavy (non-hydrogen) atoms. The van der Waals surface area contributed by atoms with Crippen LogP contribution >= 0.6 is 7.60 Å². The van der Waals surface area contributed by atoms with Crippen LogP contribution in [0, 0.1) is 11.8 Å². The van der Waals surface area contributed by atoms with Crippen molar-refractivity contribution in [3.63, 3.8) is 0 Å². The minimum absolute atomic E-state index is 0.0613. The van der Waals surface area contributed by atoms with Crippen molar-refractivity contribution in [2.24, 2.45) is 11.8 Å². The van der Waals surface area contributed by atoms with Gasteiger partial charge in [-0.05, 0) is 96.3 Å². The quantitative estimate of drug-likeness (QED) is 0.131. The van der Waals surface area contributed by atoms with Gasteiger partial charge in [-0.15, -0.1) is 0 Å². The third-order valence-corrected chi connectivity index (χ3v) is 10.1. The van der Waals surface area contributed by atoms with Crippen LogP contribution in [0.1, 0.15) is 77.6 Å². The van der Waals surface area contributed by atoms with Gasteiger partial charge in [-0.1, -0.05) is 19.3 Å². The Morgan fingerprint density at radius 3 is 2.41 bits per heavy atom. The highest BCUT2D eigenvalue weighted by Gasteiger charge is 2.26. The van der Waals surface area contributed by atoms with Gasteiger partial charge >= 0.3 is 7.60 Å². The van der Waals surface area contributed by atoms with Crippen molar-refractivity contribution in [3.05, 3.63) is 6.07 Å². The summed E-state index contributed by atoms with van der Waals surface area (Å²) < 4.78 is 11.2. The molecular formula is C29H55N8O3P. The first-order valence-electron chi connectivity index (χ1n) is 16.1. The first kappa shape index (κ1) is 32.4. The Kier molecular flexibility index (Phi) is 13.0. The van der Waals surface area contributed by atoms with Crippen LogP contribution < -0.4 is 26.6 Å². The van der Waals surface area contributed by atoms with Gasteiger partial charge in [0.1, 0.15) is 11.6 Å². The second-order valence-electron chi connectivity index (χ2n) is 12.7. The number of anilines is 3. The van der Waals surface area contributed by atoms with Crippen LogP contribution in [0.2, 0.25) is 0 Å². The number of piperazine rings is 1. The monoisotopic (exact) mass is 594 g/mol. The van der Waals surface area contributed by atoms with Crippen LogP contribution in [0.5, 0.6) is 0 Å². The van der Waals surface area contributed by atoms with Crippen LogP contribution in [0.3, 0.4) is 0 Å². The van der Waals surface area contributed by atoms with E-state index in [2.05, 4.69) is 37.7 Å². The Morgan fingerprint density at radius 1 is 0.976 bits per heavy atom. The predicted octanol–water partition coefficient (Wildman–Crippen LogP) is 3.26. The summed E-state index contributed by atoms with van der Waals surface area (Å²) >= 11 is 0. The lowest BCUT2D eigenvalue weighted by Gasteiger charge is -2.40. The number of nitrogens with one attached hydrogen (secondary N) is 3. The molecule has 1 aromatic heterocycles. The van der Waals surface area contributed by atoms with E-state index in [9.17, 15) is 4.57 Å². The molecule has 4 rings (SSSR count). The Bertz CT molecular complexity index is 952. The van der Waals surface area contributed by atoms with Crippen molar-refractivity contribution in [2.75, 3.05) is 74.5 Å². The Balaban J connectivity index is 1.11. The van der Waals surface area contributed by atoms with Crippen molar-refractivity contribution < 1.29 is 14.4 Å². The molecule has 234 valence electrons. The number of nitrogen functional groups attached to an aromatic ring is 1. The molecule has 12 heteroatoms. The van der Waals surface area contributed by atoms with Gasteiger partial charge < -0.3 is 36.4 Å². The smallest absolute Gasteiger partial charge is 0.325 e. The lowest BCUT2D eigenvalue weighted by atomic mass is 9.82. The first-order valence-corrected chi connectivity index (χ1v) is 17.9. The van der Waals surface area contributed by atoms with Gasteiger partial charge in [0.05, 0.1) is 6.16 Å². The first-order chi connectivity index (χ1) is 19.7. The van der Waals surface area contributed by atoms with E-state index in [-0.39, 0.29) is 12.2 Å². The zero-order valence-corrected chi connectivity index (χ0v) is 26.0. The standard InChI is InChI=1S/C29H55N8O3P/c1-23-22-37(17-16-36(23)15-6-18-41(38,39)40)28-19-27(30)34-29(35-28)33-21-25-11-9-24(10-12-25)20-31-13-5-14-32-26-7-3-2-4-8-26/h19,23-26,31-32H,2-18,20-22H2,1H3,(H2,38,39,40)(H3,30,33,34,35)/t23-,24?,25?/m0/s1. The molecule has 1 aliphatic heterocycles. The highest BCUT2D eigenvalue weighted by molar-refractivity contribution is 7.51. The Labute approximate surface area is 247 Å². The molecule has 11 nitrogen and oxygen atoms in total. The normalized spacial score (nSPS) is 25.0. The fourth-order valence-electron chi connectivity index (χ4n) is 6.72. The summed E-state index contributed by atoms with van der Waals surface area (Å²) in [5, 5.41) is 10.9. The maximum atomic E-state index is 11.2. The molecule has 1 aromatic rings. The Hall–Kier alpha value is -1.49. The van der Waals surface area contributed by atoms with Gasteiger partial charge in [0, 0.05) is 44.3 Å². The molecular weight excluding hydrogens is 539 g/mol. The van der Waals surface area contributed by atoms with Crippen molar-refractivity contribution in [1.29, 1.82) is 0 Å². The van der Waals surface area contributed by atoms with Gasteiger partial charge in [-0.3, -0.25) is 9.46 Å². The lowest BCUT2D eigenvalue weighted by molar-refractivity contribution is 0.188. The second kappa shape index (κ2) is 16.4. The van der Waals surface area contributed by atoms with Crippen molar-refractivity contribution in [3.8, 4) is 0 Å². The van der Waals surface area contributed by atoms with Crippen LogP contribution in [0.15, 0.2) is 6.07 Å². The molecule has 1 atom stereocenters. The Morgan fingerprint density at radius 2 is 1.71 bits per heavy atom. The maximum Gasteiger partial charge on any atom is 0.325 e. The third kappa shape index (κ3) is 11.6. The fourth-order valence-corrected chi connectivity index (χ4v) is 7.27. The van der Waals surface area contributed by atoms with Gasteiger partial charge in [-0.25, -0.2) is 0 Å². The van der Waals surface area contributed by atoms with E-state index in [0.717, 1.165) is 63.6 Å². The van der Waals surface area contributed by atoms with E-state index in [1.807, 2.05) is 6.07 Å². The topological polar surface area (TPSA) is 152 Å². The lowest BCUT2D eigenvalue weighted by Crippen LogP contribution is -2.52.